The van der Waals surface area contributed by atoms with E-state index in [-0.39, 0.29) is 17.3 Å². The number of aryl methyl sites for hydroxylation is 1. The Labute approximate surface area is 136 Å². The fraction of sp³-hybridized carbons (Fsp3) is 0.571. The van der Waals surface area contributed by atoms with Gasteiger partial charge in [0, 0.05) is 38.3 Å². The predicted molar refractivity (Wildman–Crippen MR) is 82.2 cm³/mol. The van der Waals surface area contributed by atoms with Crippen LogP contribution in [0, 0.1) is 17.0 Å². The van der Waals surface area contributed by atoms with E-state index in [9.17, 15) is 23.3 Å². The largest absolute Gasteiger partial charge is 0.401 e. The van der Waals surface area contributed by atoms with Crippen molar-refractivity contribution in [2.75, 3.05) is 37.6 Å². The number of alkyl halides is 3. The van der Waals surface area contributed by atoms with Gasteiger partial charge in [0.25, 0.3) is 5.69 Å². The van der Waals surface area contributed by atoms with Crippen molar-refractivity contribution in [1.82, 2.24) is 4.90 Å². The van der Waals surface area contributed by atoms with Crippen molar-refractivity contribution in [2.24, 2.45) is 0 Å². The number of benzene rings is 1. The summed E-state index contributed by atoms with van der Waals surface area (Å²) in [6.45, 7) is 2.38. The smallest absolute Gasteiger partial charge is 0.369 e. The number of nitro benzene ring substituents is 1. The van der Waals surface area contributed by atoms with Gasteiger partial charge < -0.3 is 4.90 Å². The van der Waals surface area contributed by atoms with E-state index in [2.05, 4.69) is 0 Å². The third kappa shape index (κ3) is 4.71. The molecule has 1 aliphatic heterocycles. The zero-order valence-electron chi connectivity index (χ0n) is 12.6. The number of rotatable bonds is 3. The maximum absolute atomic E-state index is 12.5. The Morgan fingerprint density at radius 3 is 2.52 bits per heavy atom. The van der Waals surface area contributed by atoms with Crippen LogP contribution in [0.3, 0.4) is 0 Å². The van der Waals surface area contributed by atoms with Gasteiger partial charge >= 0.3 is 6.18 Å². The van der Waals surface area contributed by atoms with Crippen molar-refractivity contribution < 1.29 is 18.1 Å². The first-order valence-corrected chi connectivity index (χ1v) is 7.54. The molecule has 1 aliphatic rings. The quantitative estimate of drug-likeness (QED) is 0.616. The van der Waals surface area contributed by atoms with E-state index < -0.39 is 17.6 Å². The van der Waals surface area contributed by atoms with Crippen LogP contribution in [-0.2, 0) is 0 Å². The van der Waals surface area contributed by atoms with E-state index in [1.807, 2.05) is 4.90 Å². The molecular formula is C14H17ClF3N3O2. The van der Waals surface area contributed by atoms with Crippen LogP contribution in [0.25, 0.3) is 0 Å². The molecule has 5 nitrogen and oxygen atoms in total. The summed E-state index contributed by atoms with van der Waals surface area (Å²) in [6.07, 6.45) is -3.64. The van der Waals surface area contributed by atoms with E-state index in [1.165, 1.54) is 17.0 Å². The topological polar surface area (TPSA) is 49.6 Å². The number of non-ortho nitro benzene ring substituents is 1. The van der Waals surface area contributed by atoms with E-state index in [0.717, 1.165) is 0 Å². The molecule has 0 bridgehead atoms. The average molecular weight is 352 g/mol. The summed E-state index contributed by atoms with van der Waals surface area (Å²) in [5, 5.41) is 11.1. The summed E-state index contributed by atoms with van der Waals surface area (Å²) in [7, 11) is 0. The molecule has 0 unspecified atom stereocenters. The van der Waals surface area contributed by atoms with Crippen molar-refractivity contribution in [3.05, 3.63) is 32.8 Å². The minimum absolute atomic E-state index is 0.0928. The van der Waals surface area contributed by atoms with Crippen molar-refractivity contribution in [3.63, 3.8) is 0 Å². The lowest BCUT2D eigenvalue weighted by Crippen LogP contribution is -2.37. The Hall–Kier alpha value is -1.54. The van der Waals surface area contributed by atoms with Gasteiger partial charge in [-0.05, 0) is 18.9 Å². The number of halogens is 4. The number of anilines is 1. The Kier molecular flexibility index (Phi) is 5.36. The van der Waals surface area contributed by atoms with E-state index in [4.69, 9.17) is 11.6 Å². The fourth-order valence-electron chi connectivity index (χ4n) is 2.83. The van der Waals surface area contributed by atoms with Gasteiger partial charge in [0.2, 0.25) is 0 Å². The molecule has 0 N–H and O–H groups in total. The van der Waals surface area contributed by atoms with Crippen molar-refractivity contribution >= 4 is 23.0 Å². The Morgan fingerprint density at radius 1 is 1.26 bits per heavy atom. The van der Waals surface area contributed by atoms with E-state index >= 15 is 0 Å². The van der Waals surface area contributed by atoms with Gasteiger partial charge in [0.15, 0.2) is 0 Å². The van der Waals surface area contributed by atoms with E-state index in [0.29, 0.717) is 37.3 Å². The van der Waals surface area contributed by atoms with Crippen LogP contribution in [-0.4, -0.2) is 48.7 Å². The second-order valence-corrected chi connectivity index (χ2v) is 5.99. The summed E-state index contributed by atoms with van der Waals surface area (Å²) in [4.78, 5) is 13.6. The highest BCUT2D eigenvalue weighted by atomic mass is 35.5. The molecule has 1 aromatic carbocycles. The SMILES string of the molecule is Cc1cc([N+](=O)[O-])cc(Cl)c1N1CCCN(CC(F)(F)F)CC1. The zero-order chi connectivity index (χ0) is 17.2. The third-order valence-corrected chi connectivity index (χ3v) is 4.05. The van der Waals surface area contributed by atoms with Crippen LogP contribution >= 0.6 is 11.6 Å². The van der Waals surface area contributed by atoms with Crippen molar-refractivity contribution in [3.8, 4) is 0 Å². The highest BCUT2D eigenvalue weighted by Crippen LogP contribution is 2.34. The molecule has 1 aromatic rings. The normalized spacial score (nSPS) is 17.2. The average Bonchev–Trinajstić information content (AvgIpc) is 2.62. The standard InChI is InChI=1S/C14H17ClF3N3O2/c1-10-7-11(21(22)23)8-12(15)13(10)20-4-2-3-19(5-6-20)9-14(16,17)18/h7-8H,2-6,9H2,1H3. The van der Waals surface area contributed by atoms with Crippen LogP contribution in [0.15, 0.2) is 12.1 Å². The predicted octanol–water partition coefficient (Wildman–Crippen LogP) is 3.63. The van der Waals surface area contributed by atoms with Crippen molar-refractivity contribution in [2.45, 2.75) is 19.5 Å². The maximum Gasteiger partial charge on any atom is 0.401 e. The lowest BCUT2D eigenvalue weighted by atomic mass is 10.1. The van der Waals surface area contributed by atoms with Crippen LogP contribution in [0.2, 0.25) is 5.02 Å². The van der Waals surface area contributed by atoms with Crippen LogP contribution in [0.5, 0.6) is 0 Å². The Bertz CT molecular complexity index is 572. The summed E-state index contributed by atoms with van der Waals surface area (Å²) < 4.78 is 37.5. The highest BCUT2D eigenvalue weighted by Gasteiger charge is 2.31. The number of nitrogens with zero attached hydrogens (tertiary/aromatic N) is 3. The molecule has 0 saturated carbocycles. The number of nitro groups is 1. The molecule has 23 heavy (non-hydrogen) atoms. The van der Waals surface area contributed by atoms with E-state index in [1.54, 1.807) is 6.92 Å². The number of hydrogen-bond acceptors (Lipinski definition) is 4. The summed E-state index contributed by atoms with van der Waals surface area (Å²) >= 11 is 6.17. The lowest BCUT2D eigenvalue weighted by molar-refractivity contribution is -0.384. The number of hydrogen-bond donors (Lipinski definition) is 0. The van der Waals surface area contributed by atoms with Gasteiger partial charge in [-0.3, -0.25) is 15.0 Å². The molecule has 0 atom stereocenters. The van der Waals surface area contributed by atoms with Gasteiger partial charge in [-0.15, -0.1) is 0 Å². The monoisotopic (exact) mass is 351 g/mol. The molecule has 1 heterocycles. The summed E-state index contributed by atoms with van der Waals surface area (Å²) in [5.41, 5.74) is 1.21. The minimum atomic E-state index is -4.21. The third-order valence-electron chi connectivity index (χ3n) is 3.76. The second-order valence-electron chi connectivity index (χ2n) is 5.58. The van der Waals surface area contributed by atoms with Gasteiger partial charge in [-0.2, -0.15) is 13.2 Å². The molecule has 1 fully saturated rings. The Balaban J connectivity index is 2.15. The van der Waals surface area contributed by atoms with Crippen LogP contribution in [0.4, 0.5) is 24.5 Å². The Morgan fingerprint density at radius 2 is 1.96 bits per heavy atom. The second kappa shape index (κ2) is 6.92. The molecule has 128 valence electrons. The molecule has 0 amide bonds. The molecule has 9 heteroatoms. The zero-order valence-corrected chi connectivity index (χ0v) is 13.3. The molecule has 1 saturated heterocycles. The first-order chi connectivity index (χ1) is 10.7. The van der Waals surface area contributed by atoms with Gasteiger partial charge in [0.1, 0.15) is 0 Å². The molecule has 0 aliphatic carbocycles. The highest BCUT2D eigenvalue weighted by molar-refractivity contribution is 6.33. The fourth-order valence-corrected chi connectivity index (χ4v) is 3.21. The molecule has 2 rings (SSSR count). The first kappa shape index (κ1) is 17.8. The minimum Gasteiger partial charge on any atom is -0.369 e. The van der Waals surface area contributed by atoms with Crippen molar-refractivity contribution in [1.29, 1.82) is 0 Å². The first-order valence-electron chi connectivity index (χ1n) is 7.16. The molecule has 0 spiro atoms. The van der Waals surface area contributed by atoms with Crippen LogP contribution in [0.1, 0.15) is 12.0 Å². The van der Waals surface area contributed by atoms with Gasteiger partial charge in [0.05, 0.1) is 22.2 Å². The summed E-state index contributed by atoms with van der Waals surface area (Å²) in [6, 6.07) is 2.71. The van der Waals surface area contributed by atoms with Gasteiger partial charge in [-0.1, -0.05) is 11.6 Å². The van der Waals surface area contributed by atoms with Crippen LogP contribution < -0.4 is 4.90 Å². The summed E-state index contributed by atoms with van der Waals surface area (Å²) in [5.74, 6) is 0. The molecular weight excluding hydrogens is 335 g/mol. The van der Waals surface area contributed by atoms with Gasteiger partial charge in [-0.25, -0.2) is 0 Å². The lowest BCUT2D eigenvalue weighted by Gasteiger charge is -2.26. The molecule has 0 aromatic heterocycles. The molecule has 0 radical (unpaired) electrons. The maximum atomic E-state index is 12.5.